The molecule has 3 atom stereocenters. The molecule has 24 heavy (non-hydrogen) atoms. The number of phosphoric acid groups is 1. The first-order valence-electron chi connectivity index (χ1n) is 6.59. The highest BCUT2D eigenvalue weighted by atomic mass is 79.9. The van der Waals surface area contributed by atoms with E-state index in [9.17, 15) is 9.36 Å². The second-order valence-electron chi connectivity index (χ2n) is 4.86. The number of carbonyl (C=O) groups excluding carboxylic acids is 1. The van der Waals surface area contributed by atoms with Crippen molar-refractivity contribution in [2.75, 3.05) is 17.3 Å². The lowest BCUT2D eigenvalue weighted by Gasteiger charge is -2.39. The molecule has 3 unspecified atom stereocenters. The molecule has 0 aromatic rings. The lowest BCUT2D eigenvalue weighted by molar-refractivity contribution is -0.156. The zero-order chi connectivity index (χ0) is 19.0. The summed E-state index contributed by atoms with van der Waals surface area (Å²) < 4.78 is 21.0. The number of ether oxygens (including phenoxy) is 1. The number of hydrogen-bond acceptors (Lipinski definition) is 4. The van der Waals surface area contributed by atoms with E-state index in [1.165, 1.54) is 0 Å². The van der Waals surface area contributed by atoms with Crippen molar-refractivity contribution in [3.63, 3.8) is 0 Å². The minimum absolute atomic E-state index is 0.0959. The van der Waals surface area contributed by atoms with Crippen molar-refractivity contribution in [3.05, 3.63) is 12.7 Å². The number of hydrogen-bond donors (Lipinski definition) is 2. The first kappa shape index (κ1) is 25.5. The molecule has 0 aliphatic rings. The highest BCUT2D eigenvalue weighted by Gasteiger charge is 2.45. The van der Waals surface area contributed by atoms with Crippen LogP contribution < -0.4 is 0 Å². The maximum atomic E-state index is 11.8. The van der Waals surface area contributed by atoms with E-state index >= 15 is 0 Å². The maximum Gasteiger partial charge on any atom is 0.469 e. The van der Waals surface area contributed by atoms with Crippen molar-refractivity contribution in [1.82, 2.24) is 0 Å². The Balaban J connectivity index is 5.60. The van der Waals surface area contributed by atoms with Gasteiger partial charge in [-0.2, -0.15) is 0 Å². The zero-order valence-corrected chi connectivity index (χ0v) is 20.4. The van der Waals surface area contributed by atoms with Crippen LogP contribution >= 0.6 is 83.1 Å². The Morgan fingerprint density at radius 2 is 1.71 bits per heavy atom. The molecule has 142 valence electrons. The number of halogens is 5. The number of carbonyl (C=O) groups is 1. The first-order valence-corrected chi connectivity index (χ1v) is 12.6. The Bertz CT molecular complexity index is 451. The third-order valence-corrected chi connectivity index (χ3v) is 8.50. The molecule has 0 saturated heterocycles. The summed E-state index contributed by atoms with van der Waals surface area (Å²) in [5.41, 5.74) is -1.23. The number of alkyl halides is 5. The average molecular weight is 644 g/mol. The van der Waals surface area contributed by atoms with Gasteiger partial charge in [-0.05, 0) is 0 Å². The summed E-state index contributed by atoms with van der Waals surface area (Å²) in [5, 5.41) is 0.127. The van der Waals surface area contributed by atoms with Gasteiger partial charge in [-0.1, -0.05) is 70.3 Å². The molecule has 2 N–H and O–H groups in total. The van der Waals surface area contributed by atoms with Crippen LogP contribution in [-0.2, 0) is 18.6 Å². The van der Waals surface area contributed by atoms with E-state index in [2.05, 4.69) is 74.8 Å². The summed E-state index contributed by atoms with van der Waals surface area (Å²) in [7, 11) is -4.70. The highest BCUT2D eigenvalue weighted by molar-refractivity contribution is 9.12. The van der Waals surface area contributed by atoms with Gasteiger partial charge in [0, 0.05) is 39.2 Å². The summed E-state index contributed by atoms with van der Waals surface area (Å²) in [6.45, 7) is 2.89. The van der Waals surface area contributed by atoms with Crippen LogP contribution in [0, 0.1) is 0 Å². The molecule has 0 rings (SSSR count). The van der Waals surface area contributed by atoms with Crippen molar-refractivity contribution >= 4 is 89.1 Å². The smallest absolute Gasteiger partial charge is 0.454 e. The Labute approximate surface area is 179 Å². The molecular weight excluding hydrogens is 626 g/mol. The first-order chi connectivity index (χ1) is 11.0. The van der Waals surface area contributed by atoms with Gasteiger partial charge in [-0.15, -0.1) is 11.6 Å². The molecule has 0 amide bonds. The van der Waals surface area contributed by atoms with Crippen LogP contribution in [0.15, 0.2) is 12.7 Å². The normalized spacial score (nSPS) is 18.3. The van der Waals surface area contributed by atoms with Gasteiger partial charge >= 0.3 is 13.8 Å². The standard InChI is InChI=1S/C12H18Br4ClO6P/c1-2-11(18)23-12(3-8(15)5-13,4-9(16)6-14)10(17)7-22-24(19,20)21/h2,8-10H,1,3-7H2,(H2,19,20,21). The molecule has 12 heteroatoms. The van der Waals surface area contributed by atoms with Crippen LogP contribution in [0.2, 0.25) is 0 Å². The molecule has 0 radical (unpaired) electrons. The van der Waals surface area contributed by atoms with Crippen molar-refractivity contribution in [2.45, 2.75) is 33.5 Å². The molecule has 0 aliphatic carbocycles. The summed E-state index contributed by atoms with van der Waals surface area (Å²) >= 11 is 19.9. The van der Waals surface area contributed by atoms with Gasteiger partial charge in [-0.3, -0.25) is 4.52 Å². The molecule has 0 saturated carbocycles. The summed E-state index contributed by atoms with van der Waals surface area (Å²) in [5.74, 6) is -0.680. The van der Waals surface area contributed by atoms with Gasteiger partial charge in [0.2, 0.25) is 0 Å². The Kier molecular flexibility index (Phi) is 12.9. The van der Waals surface area contributed by atoms with Crippen molar-refractivity contribution in [3.8, 4) is 0 Å². The quantitative estimate of drug-likeness (QED) is 0.143. The molecule has 0 spiro atoms. The van der Waals surface area contributed by atoms with Crippen LogP contribution in [0.3, 0.4) is 0 Å². The van der Waals surface area contributed by atoms with Gasteiger partial charge in [0.25, 0.3) is 0 Å². The lowest BCUT2D eigenvalue weighted by atomic mass is 9.88. The minimum Gasteiger partial charge on any atom is -0.454 e. The van der Waals surface area contributed by atoms with Crippen LogP contribution in [0.25, 0.3) is 0 Å². The third-order valence-electron chi connectivity index (χ3n) is 2.90. The highest BCUT2D eigenvalue weighted by Crippen LogP contribution is 2.41. The predicted molar refractivity (Wildman–Crippen MR) is 109 cm³/mol. The molecule has 0 heterocycles. The lowest BCUT2D eigenvalue weighted by Crippen LogP contribution is -2.49. The van der Waals surface area contributed by atoms with Crippen molar-refractivity contribution in [1.29, 1.82) is 0 Å². The average Bonchev–Trinajstić information content (AvgIpc) is 2.50. The SMILES string of the molecule is C=CC(=O)OC(CC(Br)CBr)(CC(Br)CBr)C(Cl)COP(=O)(O)O. The monoisotopic (exact) mass is 640 g/mol. The molecule has 0 aliphatic heterocycles. The summed E-state index contributed by atoms with van der Waals surface area (Å²) in [6.07, 6.45) is 1.61. The molecular formula is C12H18Br4ClO6P. The number of phosphoric ester groups is 1. The second kappa shape index (κ2) is 12.1. The molecule has 0 aromatic heterocycles. The number of rotatable bonds is 12. The summed E-state index contributed by atoms with van der Waals surface area (Å²) in [6, 6.07) is 0. The Morgan fingerprint density at radius 1 is 1.25 bits per heavy atom. The fraction of sp³-hybridized carbons (Fsp3) is 0.750. The van der Waals surface area contributed by atoms with E-state index < -0.39 is 31.4 Å². The van der Waals surface area contributed by atoms with Gasteiger partial charge in [0.15, 0.2) is 0 Å². The minimum atomic E-state index is -4.70. The Hall–Kier alpha value is 1.53. The van der Waals surface area contributed by atoms with Crippen LogP contribution in [0.1, 0.15) is 12.8 Å². The number of esters is 1. The van der Waals surface area contributed by atoms with Crippen LogP contribution in [0.5, 0.6) is 0 Å². The largest absolute Gasteiger partial charge is 0.469 e. The van der Waals surface area contributed by atoms with E-state index in [1.54, 1.807) is 0 Å². The molecule has 0 bridgehead atoms. The van der Waals surface area contributed by atoms with E-state index in [4.69, 9.17) is 26.1 Å². The van der Waals surface area contributed by atoms with E-state index in [0.29, 0.717) is 23.5 Å². The second-order valence-corrected chi connectivity index (χ2v) is 10.5. The van der Waals surface area contributed by atoms with Gasteiger partial charge in [-0.25, -0.2) is 9.36 Å². The van der Waals surface area contributed by atoms with Crippen molar-refractivity contribution < 1.29 is 28.4 Å². The van der Waals surface area contributed by atoms with Crippen LogP contribution in [0.4, 0.5) is 0 Å². The zero-order valence-electron chi connectivity index (χ0n) is 12.4. The van der Waals surface area contributed by atoms with E-state index in [1.807, 2.05) is 0 Å². The maximum absolute atomic E-state index is 11.8. The molecule has 6 nitrogen and oxygen atoms in total. The van der Waals surface area contributed by atoms with E-state index in [0.717, 1.165) is 6.08 Å². The molecule has 0 fully saturated rings. The predicted octanol–water partition coefficient (Wildman–Crippen LogP) is 4.27. The van der Waals surface area contributed by atoms with Gasteiger partial charge < -0.3 is 14.5 Å². The van der Waals surface area contributed by atoms with E-state index in [-0.39, 0.29) is 9.65 Å². The fourth-order valence-electron chi connectivity index (χ4n) is 1.90. The van der Waals surface area contributed by atoms with Crippen LogP contribution in [-0.4, -0.2) is 53.7 Å². The molecule has 0 aromatic carbocycles. The van der Waals surface area contributed by atoms with Gasteiger partial charge in [0.1, 0.15) is 5.60 Å². The summed E-state index contributed by atoms with van der Waals surface area (Å²) in [4.78, 5) is 29.4. The topological polar surface area (TPSA) is 93.1 Å². The third kappa shape index (κ3) is 10.0. The fourth-order valence-corrected chi connectivity index (χ4v) is 4.17. The van der Waals surface area contributed by atoms with Gasteiger partial charge in [0.05, 0.1) is 12.0 Å². The van der Waals surface area contributed by atoms with Crippen molar-refractivity contribution in [2.24, 2.45) is 0 Å². The Morgan fingerprint density at radius 3 is 2.04 bits per heavy atom.